The molecule has 0 radical (unpaired) electrons. The van der Waals surface area contributed by atoms with Crippen molar-refractivity contribution in [2.24, 2.45) is 0 Å². The molecule has 4 aromatic rings. The van der Waals surface area contributed by atoms with Crippen molar-refractivity contribution in [1.82, 2.24) is 25.1 Å². The van der Waals surface area contributed by atoms with E-state index in [1.165, 1.54) is 44.3 Å². The number of aryl methyl sites for hydroxylation is 1. The number of pyridine rings is 1. The third-order valence-electron chi connectivity index (χ3n) is 5.69. The van der Waals surface area contributed by atoms with Crippen LogP contribution in [0.4, 0.5) is 10.9 Å². The van der Waals surface area contributed by atoms with Crippen molar-refractivity contribution in [2.45, 2.75) is 39.2 Å². The zero-order valence-corrected chi connectivity index (χ0v) is 18.0. The van der Waals surface area contributed by atoms with E-state index in [0.29, 0.717) is 0 Å². The molecule has 1 aliphatic heterocycles. The minimum atomic E-state index is 0.854. The molecule has 7 heteroatoms. The van der Waals surface area contributed by atoms with Gasteiger partial charge in [0.2, 0.25) is 0 Å². The largest absolute Gasteiger partial charge is 0.316 e. The van der Waals surface area contributed by atoms with Crippen LogP contribution >= 0.6 is 11.3 Å². The average Bonchev–Trinajstić information content (AvgIpc) is 3.26. The molecule has 154 valence electrons. The summed E-state index contributed by atoms with van der Waals surface area (Å²) in [7, 11) is 0. The van der Waals surface area contributed by atoms with Gasteiger partial charge in [0.25, 0.3) is 0 Å². The number of benzene rings is 1. The van der Waals surface area contributed by atoms with Gasteiger partial charge < -0.3 is 5.32 Å². The molecule has 0 atom stereocenters. The lowest BCUT2D eigenvalue weighted by molar-refractivity contribution is 0.277. The topological polar surface area (TPSA) is 69.7 Å². The molecule has 5 rings (SSSR count). The van der Waals surface area contributed by atoms with Gasteiger partial charge in [0.05, 0.1) is 16.4 Å². The number of hydrogen-bond acceptors (Lipinski definition) is 6. The first kappa shape index (κ1) is 19.2. The lowest BCUT2D eigenvalue weighted by atomic mass is 10.1. The highest BCUT2D eigenvalue weighted by atomic mass is 32.1. The van der Waals surface area contributed by atoms with Crippen LogP contribution in [0.3, 0.4) is 0 Å². The van der Waals surface area contributed by atoms with E-state index in [1.54, 1.807) is 11.3 Å². The first-order valence-corrected chi connectivity index (χ1v) is 11.4. The molecule has 1 aliphatic rings. The zero-order valence-electron chi connectivity index (χ0n) is 17.2. The maximum atomic E-state index is 4.74. The Hall–Kier alpha value is -2.77. The van der Waals surface area contributed by atoms with E-state index in [-0.39, 0.29) is 0 Å². The van der Waals surface area contributed by atoms with Crippen LogP contribution in [0.15, 0.2) is 42.7 Å². The number of rotatable bonds is 5. The van der Waals surface area contributed by atoms with E-state index in [1.807, 2.05) is 19.3 Å². The Kier molecular flexibility index (Phi) is 5.46. The predicted octanol–water partition coefficient (Wildman–Crippen LogP) is 5.51. The second-order valence-electron chi connectivity index (χ2n) is 7.97. The smallest absolute Gasteiger partial charge is 0.189 e. The summed E-state index contributed by atoms with van der Waals surface area (Å²) < 4.78 is 1.15. The van der Waals surface area contributed by atoms with Gasteiger partial charge in [-0.1, -0.05) is 30.2 Å². The summed E-state index contributed by atoms with van der Waals surface area (Å²) in [6.07, 6.45) is 9.10. The van der Waals surface area contributed by atoms with Crippen molar-refractivity contribution in [3.63, 3.8) is 0 Å². The van der Waals surface area contributed by atoms with Crippen molar-refractivity contribution in [2.75, 3.05) is 18.4 Å². The summed E-state index contributed by atoms with van der Waals surface area (Å²) >= 11 is 1.65. The molecule has 1 fully saturated rings. The van der Waals surface area contributed by atoms with E-state index < -0.39 is 0 Å². The van der Waals surface area contributed by atoms with Crippen LogP contribution in [0, 0.1) is 6.92 Å². The fraction of sp³-hybridized carbons (Fsp3) is 0.348. The SMILES string of the molecule is Cc1[nH]ncc1-c1ccc2nc(Nc3cc(CN4CCCCCC4)ccn3)sc2c1. The fourth-order valence-corrected chi connectivity index (χ4v) is 5.00. The quantitative estimate of drug-likeness (QED) is 0.447. The number of nitrogens with zero attached hydrogens (tertiary/aromatic N) is 4. The predicted molar refractivity (Wildman–Crippen MR) is 123 cm³/mol. The first-order chi connectivity index (χ1) is 14.7. The maximum Gasteiger partial charge on any atom is 0.189 e. The van der Waals surface area contributed by atoms with Crippen LogP contribution in [0.2, 0.25) is 0 Å². The number of fused-ring (bicyclic) bond motifs is 1. The molecule has 30 heavy (non-hydrogen) atoms. The van der Waals surface area contributed by atoms with Crippen molar-refractivity contribution in [1.29, 1.82) is 0 Å². The number of aromatic nitrogens is 4. The highest BCUT2D eigenvalue weighted by Crippen LogP contribution is 2.32. The number of nitrogens with one attached hydrogen (secondary N) is 2. The third kappa shape index (κ3) is 4.22. The second kappa shape index (κ2) is 8.53. The summed E-state index contributed by atoms with van der Waals surface area (Å²) in [4.78, 5) is 11.8. The van der Waals surface area contributed by atoms with Crippen molar-refractivity contribution in [3.8, 4) is 11.1 Å². The van der Waals surface area contributed by atoms with E-state index in [9.17, 15) is 0 Å². The molecule has 0 unspecified atom stereocenters. The average molecular weight is 419 g/mol. The van der Waals surface area contributed by atoms with Gasteiger partial charge in [-0.15, -0.1) is 0 Å². The monoisotopic (exact) mass is 418 g/mol. The fourth-order valence-electron chi connectivity index (χ4n) is 4.09. The van der Waals surface area contributed by atoms with Gasteiger partial charge in [-0.05, 0) is 68.2 Å². The van der Waals surface area contributed by atoms with Crippen molar-refractivity contribution in [3.05, 3.63) is 54.0 Å². The van der Waals surface area contributed by atoms with Crippen molar-refractivity contribution >= 4 is 32.5 Å². The Balaban J connectivity index is 1.33. The Bertz CT molecular complexity index is 1140. The van der Waals surface area contributed by atoms with Crippen LogP contribution in [-0.2, 0) is 6.54 Å². The van der Waals surface area contributed by atoms with Crippen molar-refractivity contribution < 1.29 is 0 Å². The molecule has 3 aromatic heterocycles. The minimum Gasteiger partial charge on any atom is -0.316 e. The molecule has 6 nitrogen and oxygen atoms in total. The summed E-state index contributed by atoms with van der Waals surface area (Å²) in [6, 6.07) is 10.6. The second-order valence-corrected chi connectivity index (χ2v) is 9.01. The molecule has 2 N–H and O–H groups in total. The third-order valence-corrected chi connectivity index (χ3v) is 6.63. The Morgan fingerprint density at radius 1 is 1.10 bits per heavy atom. The van der Waals surface area contributed by atoms with Gasteiger partial charge >= 0.3 is 0 Å². The number of aromatic amines is 1. The normalized spacial score (nSPS) is 15.4. The standard InChI is InChI=1S/C23H26N6S/c1-16-19(14-25-28-16)18-6-7-20-21(13-18)30-23(26-20)27-22-12-17(8-9-24-22)15-29-10-4-2-3-5-11-29/h6-9,12-14H,2-5,10-11,15H2,1H3,(H,25,28)(H,24,26,27). The minimum absolute atomic E-state index is 0.854. The van der Waals surface area contributed by atoms with E-state index in [2.05, 4.69) is 55.7 Å². The molecule has 0 saturated carbocycles. The van der Waals surface area contributed by atoms with E-state index in [0.717, 1.165) is 44.5 Å². The van der Waals surface area contributed by atoms with Gasteiger partial charge in [-0.25, -0.2) is 9.97 Å². The molecule has 0 bridgehead atoms. The summed E-state index contributed by atoms with van der Waals surface area (Å²) in [5, 5.41) is 11.4. The number of anilines is 2. The Morgan fingerprint density at radius 2 is 1.97 bits per heavy atom. The summed E-state index contributed by atoms with van der Waals surface area (Å²) in [6.45, 7) is 5.42. The number of H-pyrrole nitrogens is 1. The zero-order chi connectivity index (χ0) is 20.3. The Labute approximate surface area is 180 Å². The van der Waals surface area contributed by atoms with Crippen LogP contribution in [0.25, 0.3) is 21.3 Å². The molecule has 0 amide bonds. The van der Waals surface area contributed by atoms with Gasteiger partial charge in [0.15, 0.2) is 5.13 Å². The van der Waals surface area contributed by atoms with E-state index in [4.69, 9.17) is 4.98 Å². The highest BCUT2D eigenvalue weighted by molar-refractivity contribution is 7.22. The van der Waals surface area contributed by atoms with Crippen LogP contribution < -0.4 is 5.32 Å². The molecule has 4 heterocycles. The van der Waals surface area contributed by atoms with E-state index >= 15 is 0 Å². The van der Waals surface area contributed by atoms with Gasteiger partial charge in [0.1, 0.15) is 5.82 Å². The van der Waals surface area contributed by atoms with Gasteiger partial charge in [-0.3, -0.25) is 10.00 Å². The maximum absolute atomic E-state index is 4.74. The lowest BCUT2D eigenvalue weighted by Crippen LogP contribution is -2.23. The number of hydrogen-bond donors (Lipinski definition) is 2. The molecule has 0 spiro atoms. The van der Waals surface area contributed by atoms with Crippen LogP contribution in [0.5, 0.6) is 0 Å². The molecule has 1 aromatic carbocycles. The van der Waals surface area contributed by atoms with Gasteiger partial charge in [-0.2, -0.15) is 5.10 Å². The molecule has 0 aliphatic carbocycles. The highest BCUT2D eigenvalue weighted by Gasteiger charge is 2.12. The molecule has 1 saturated heterocycles. The lowest BCUT2D eigenvalue weighted by Gasteiger charge is -2.19. The summed E-state index contributed by atoms with van der Waals surface area (Å²) in [5.41, 5.74) is 5.65. The number of thiazole rings is 1. The number of likely N-dealkylation sites (tertiary alicyclic amines) is 1. The van der Waals surface area contributed by atoms with Crippen LogP contribution in [0.1, 0.15) is 36.9 Å². The molecular weight excluding hydrogens is 392 g/mol. The Morgan fingerprint density at radius 3 is 2.77 bits per heavy atom. The van der Waals surface area contributed by atoms with Gasteiger partial charge in [0, 0.05) is 24.0 Å². The summed E-state index contributed by atoms with van der Waals surface area (Å²) in [5.74, 6) is 0.854. The van der Waals surface area contributed by atoms with Crippen LogP contribution in [-0.4, -0.2) is 38.2 Å². The first-order valence-electron chi connectivity index (χ1n) is 10.6. The molecular formula is C23H26N6S.